The maximum absolute atomic E-state index is 11.4. The minimum absolute atomic E-state index is 0.144. The van der Waals surface area contributed by atoms with Crippen LogP contribution in [0.5, 0.6) is 11.5 Å². The number of esters is 1. The van der Waals surface area contributed by atoms with Crippen LogP contribution in [0.1, 0.15) is 37.5 Å². The standard InChI is InChI=1S/C24H23NO4/c1-3-27-24(26)14-15-28-17(2)18-8-11-20(12-9-18)29-23-13-10-19(16-25)21-6-4-5-7-22(21)23/h4-13,17H,3,14-15H2,1-2H3. The summed E-state index contributed by atoms with van der Waals surface area (Å²) in [6, 6.07) is 21.1. The minimum atomic E-state index is -0.252. The first-order chi connectivity index (χ1) is 14.1. The van der Waals surface area contributed by atoms with Crippen LogP contribution in [-0.4, -0.2) is 19.2 Å². The van der Waals surface area contributed by atoms with Gasteiger partial charge in [0.15, 0.2) is 0 Å². The van der Waals surface area contributed by atoms with Crippen LogP contribution in [0.2, 0.25) is 0 Å². The predicted molar refractivity (Wildman–Crippen MR) is 111 cm³/mol. The van der Waals surface area contributed by atoms with Gasteiger partial charge in [0, 0.05) is 10.8 Å². The van der Waals surface area contributed by atoms with Crippen molar-refractivity contribution >= 4 is 16.7 Å². The van der Waals surface area contributed by atoms with Crippen molar-refractivity contribution in [3.8, 4) is 17.6 Å². The molecule has 0 aliphatic rings. The van der Waals surface area contributed by atoms with Crippen molar-refractivity contribution in [1.82, 2.24) is 0 Å². The van der Waals surface area contributed by atoms with Gasteiger partial charge in [0.05, 0.1) is 37.4 Å². The first-order valence-electron chi connectivity index (χ1n) is 9.59. The van der Waals surface area contributed by atoms with Crippen LogP contribution in [0.4, 0.5) is 0 Å². The lowest BCUT2D eigenvalue weighted by molar-refractivity contribution is -0.144. The molecule has 3 rings (SSSR count). The molecule has 0 saturated heterocycles. The number of nitriles is 1. The lowest BCUT2D eigenvalue weighted by Crippen LogP contribution is -2.09. The van der Waals surface area contributed by atoms with Crippen molar-refractivity contribution < 1.29 is 19.0 Å². The molecule has 0 fully saturated rings. The number of nitrogens with zero attached hydrogens (tertiary/aromatic N) is 1. The third-order valence-corrected chi connectivity index (χ3v) is 4.56. The Hall–Kier alpha value is -3.36. The highest BCUT2D eigenvalue weighted by Crippen LogP contribution is 2.32. The first kappa shape index (κ1) is 20.4. The van der Waals surface area contributed by atoms with E-state index >= 15 is 0 Å². The van der Waals surface area contributed by atoms with Crippen molar-refractivity contribution in [3.05, 3.63) is 71.8 Å². The molecule has 0 saturated carbocycles. The Bertz CT molecular complexity index is 1020. The second kappa shape index (κ2) is 9.72. The van der Waals surface area contributed by atoms with E-state index in [4.69, 9.17) is 14.2 Å². The summed E-state index contributed by atoms with van der Waals surface area (Å²) >= 11 is 0. The number of hydrogen-bond acceptors (Lipinski definition) is 5. The highest BCUT2D eigenvalue weighted by atomic mass is 16.5. The van der Waals surface area contributed by atoms with Crippen molar-refractivity contribution in [3.63, 3.8) is 0 Å². The van der Waals surface area contributed by atoms with Crippen LogP contribution in [-0.2, 0) is 14.3 Å². The number of carbonyl (C=O) groups excluding carboxylic acids is 1. The molecule has 0 heterocycles. The van der Waals surface area contributed by atoms with E-state index in [0.29, 0.717) is 30.3 Å². The summed E-state index contributed by atoms with van der Waals surface area (Å²) in [6.45, 7) is 4.42. The van der Waals surface area contributed by atoms with Crippen LogP contribution >= 0.6 is 0 Å². The number of rotatable bonds is 8. The molecule has 3 aromatic rings. The molecule has 0 spiro atoms. The monoisotopic (exact) mass is 389 g/mol. The van der Waals surface area contributed by atoms with Crippen LogP contribution in [0, 0.1) is 11.3 Å². The zero-order valence-electron chi connectivity index (χ0n) is 16.6. The normalized spacial score (nSPS) is 11.6. The number of hydrogen-bond donors (Lipinski definition) is 0. The molecule has 0 aliphatic heterocycles. The molecule has 148 valence electrons. The average molecular weight is 389 g/mol. The van der Waals surface area contributed by atoms with Gasteiger partial charge in [0.1, 0.15) is 11.5 Å². The minimum Gasteiger partial charge on any atom is -0.466 e. The summed E-state index contributed by atoms with van der Waals surface area (Å²) in [5.41, 5.74) is 1.61. The number of fused-ring (bicyclic) bond motifs is 1. The van der Waals surface area contributed by atoms with Crippen molar-refractivity contribution in [2.24, 2.45) is 0 Å². The second-order valence-corrected chi connectivity index (χ2v) is 6.51. The summed E-state index contributed by atoms with van der Waals surface area (Å²) in [6.07, 6.45) is 0.0970. The Morgan fingerprint density at radius 2 is 1.76 bits per heavy atom. The zero-order valence-corrected chi connectivity index (χ0v) is 16.6. The number of carbonyl (C=O) groups is 1. The van der Waals surface area contributed by atoms with E-state index in [-0.39, 0.29) is 18.5 Å². The van der Waals surface area contributed by atoms with E-state index in [1.54, 1.807) is 13.0 Å². The second-order valence-electron chi connectivity index (χ2n) is 6.51. The highest BCUT2D eigenvalue weighted by molar-refractivity contribution is 5.92. The molecule has 0 radical (unpaired) electrons. The van der Waals surface area contributed by atoms with E-state index < -0.39 is 0 Å². The number of benzene rings is 3. The van der Waals surface area contributed by atoms with Gasteiger partial charge >= 0.3 is 5.97 Å². The lowest BCUT2D eigenvalue weighted by Gasteiger charge is -2.14. The van der Waals surface area contributed by atoms with Gasteiger partial charge in [-0.1, -0.05) is 36.4 Å². The van der Waals surface area contributed by atoms with Gasteiger partial charge in [-0.25, -0.2) is 0 Å². The molecule has 0 aliphatic carbocycles. The third-order valence-electron chi connectivity index (χ3n) is 4.56. The lowest BCUT2D eigenvalue weighted by atomic mass is 10.0. The molecule has 0 bridgehead atoms. The SMILES string of the molecule is CCOC(=O)CCOC(C)c1ccc(Oc2ccc(C#N)c3ccccc23)cc1. The highest BCUT2D eigenvalue weighted by Gasteiger charge is 2.10. The van der Waals surface area contributed by atoms with Gasteiger partial charge in [-0.3, -0.25) is 4.79 Å². The fourth-order valence-electron chi connectivity index (χ4n) is 3.04. The molecule has 1 unspecified atom stereocenters. The molecule has 5 heteroatoms. The van der Waals surface area contributed by atoms with E-state index in [0.717, 1.165) is 16.3 Å². The number of ether oxygens (including phenoxy) is 3. The van der Waals surface area contributed by atoms with Gasteiger partial charge in [0.25, 0.3) is 0 Å². The molecule has 0 aromatic heterocycles. The van der Waals surface area contributed by atoms with Crippen molar-refractivity contribution in [1.29, 1.82) is 5.26 Å². The molecule has 0 amide bonds. The molecule has 3 aromatic carbocycles. The van der Waals surface area contributed by atoms with Crippen LogP contribution in [0.3, 0.4) is 0 Å². The topological polar surface area (TPSA) is 68.6 Å². The van der Waals surface area contributed by atoms with E-state index in [1.165, 1.54) is 0 Å². The van der Waals surface area contributed by atoms with Gasteiger partial charge in [-0.05, 0) is 43.7 Å². The fraction of sp³-hybridized carbons (Fsp3) is 0.250. The average Bonchev–Trinajstić information content (AvgIpc) is 2.74. The molecule has 0 N–H and O–H groups in total. The molecule has 5 nitrogen and oxygen atoms in total. The molecular weight excluding hydrogens is 366 g/mol. The van der Waals surface area contributed by atoms with Gasteiger partial charge < -0.3 is 14.2 Å². The summed E-state index contributed by atoms with van der Waals surface area (Å²) in [5.74, 6) is 1.14. The Labute approximate surface area is 170 Å². The molecular formula is C24H23NO4. The van der Waals surface area contributed by atoms with E-state index in [9.17, 15) is 10.1 Å². The van der Waals surface area contributed by atoms with E-state index in [1.807, 2.05) is 61.5 Å². The Kier molecular flexibility index (Phi) is 6.83. The molecule has 1 atom stereocenters. The zero-order chi connectivity index (χ0) is 20.6. The van der Waals surface area contributed by atoms with E-state index in [2.05, 4.69) is 6.07 Å². The summed E-state index contributed by atoms with van der Waals surface area (Å²) < 4.78 is 16.7. The van der Waals surface area contributed by atoms with Crippen LogP contribution in [0.15, 0.2) is 60.7 Å². The fourth-order valence-corrected chi connectivity index (χ4v) is 3.04. The summed E-state index contributed by atoms with van der Waals surface area (Å²) in [4.78, 5) is 11.4. The largest absolute Gasteiger partial charge is 0.466 e. The van der Waals surface area contributed by atoms with Crippen molar-refractivity contribution in [2.75, 3.05) is 13.2 Å². The van der Waals surface area contributed by atoms with Crippen LogP contribution in [0.25, 0.3) is 10.8 Å². The smallest absolute Gasteiger partial charge is 0.308 e. The Morgan fingerprint density at radius 1 is 1.03 bits per heavy atom. The van der Waals surface area contributed by atoms with Gasteiger partial charge in [0.2, 0.25) is 0 Å². The summed E-state index contributed by atoms with van der Waals surface area (Å²) in [7, 11) is 0. The Morgan fingerprint density at radius 3 is 2.45 bits per heavy atom. The van der Waals surface area contributed by atoms with Crippen molar-refractivity contribution in [2.45, 2.75) is 26.4 Å². The maximum Gasteiger partial charge on any atom is 0.308 e. The predicted octanol–water partition coefficient (Wildman–Crippen LogP) is 5.53. The summed E-state index contributed by atoms with van der Waals surface area (Å²) in [5, 5.41) is 11.1. The molecule has 29 heavy (non-hydrogen) atoms. The third kappa shape index (κ3) is 5.13. The van der Waals surface area contributed by atoms with Gasteiger partial charge in [-0.15, -0.1) is 0 Å². The first-order valence-corrected chi connectivity index (χ1v) is 9.59. The van der Waals surface area contributed by atoms with Crippen LogP contribution < -0.4 is 4.74 Å². The maximum atomic E-state index is 11.4. The quantitative estimate of drug-likeness (QED) is 0.474. The Balaban J connectivity index is 1.66. The van der Waals surface area contributed by atoms with Gasteiger partial charge in [-0.2, -0.15) is 5.26 Å².